The molecule has 4 heterocycles. The number of fused-ring (bicyclic) bond motifs is 1. The molecule has 2 aromatic heterocycles. The van der Waals surface area contributed by atoms with E-state index >= 15 is 0 Å². The van der Waals surface area contributed by atoms with E-state index in [0.29, 0.717) is 63.2 Å². The number of hydrogen-bond acceptors (Lipinski definition) is 6. The lowest BCUT2D eigenvalue weighted by Gasteiger charge is -2.26. The molecule has 4 rings (SSSR count). The fraction of sp³-hybridized carbons (Fsp3) is 0.526. The molecule has 2 aromatic rings. The summed E-state index contributed by atoms with van der Waals surface area (Å²) < 4.78 is 12.8. The fourth-order valence-corrected chi connectivity index (χ4v) is 4.28. The molecule has 0 aliphatic carbocycles. The molecule has 1 fully saturated rings. The van der Waals surface area contributed by atoms with Crippen molar-refractivity contribution in [3.05, 3.63) is 38.8 Å². The Balaban J connectivity index is 1.45. The van der Waals surface area contributed by atoms with Gasteiger partial charge in [-0.2, -0.15) is 5.10 Å². The number of carbonyl (C=O) groups is 2. The third kappa shape index (κ3) is 3.96. The molecule has 2 aliphatic heterocycles. The Morgan fingerprint density at radius 1 is 1.21 bits per heavy atom. The van der Waals surface area contributed by atoms with Gasteiger partial charge in [-0.3, -0.25) is 14.3 Å². The minimum Gasteiger partial charge on any atom is -0.378 e. The van der Waals surface area contributed by atoms with E-state index in [1.165, 1.54) is 11.3 Å². The maximum atomic E-state index is 12.9. The smallest absolute Gasteiger partial charge is 0.274 e. The second-order valence-electron chi connectivity index (χ2n) is 6.87. The molecular formula is C19H24N4O4S. The Kier molecular flexibility index (Phi) is 5.74. The summed E-state index contributed by atoms with van der Waals surface area (Å²) in [4.78, 5) is 28.8. The SMILES string of the molecule is Cc1ccc(C(=O)NCCn2nc(C(=O)N3CCOCC3)c3c2CCOC3)s1. The molecular weight excluding hydrogens is 380 g/mol. The Morgan fingerprint density at radius 3 is 2.79 bits per heavy atom. The van der Waals surface area contributed by atoms with Crippen LogP contribution in [0.4, 0.5) is 0 Å². The number of aromatic nitrogens is 2. The number of thiophene rings is 1. The molecule has 0 saturated carbocycles. The van der Waals surface area contributed by atoms with Crippen LogP contribution >= 0.6 is 11.3 Å². The Labute approximate surface area is 167 Å². The minimum absolute atomic E-state index is 0.0677. The van der Waals surface area contributed by atoms with Gasteiger partial charge in [0.25, 0.3) is 11.8 Å². The standard InChI is InChI=1S/C19H24N4O4S/c1-13-2-3-16(28-13)18(24)20-5-6-23-15-4-9-27-12-14(15)17(21-23)19(25)22-7-10-26-11-8-22/h2-3H,4-12H2,1H3,(H,20,24). The lowest BCUT2D eigenvalue weighted by atomic mass is 10.1. The van der Waals surface area contributed by atoms with E-state index in [0.717, 1.165) is 22.6 Å². The van der Waals surface area contributed by atoms with E-state index in [4.69, 9.17) is 9.47 Å². The van der Waals surface area contributed by atoms with Crippen LogP contribution in [0.15, 0.2) is 12.1 Å². The molecule has 9 heteroatoms. The molecule has 0 atom stereocenters. The van der Waals surface area contributed by atoms with Crippen molar-refractivity contribution in [2.45, 2.75) is 26.5 Å². The summed E-state index contributed by atoms with van der Waals surface area (Å²) in [6.07, 6.45) is 0.719. The summed E-state index contributed by atoms with van der Waals surface area (Å²) in [6.45, 7) is 6.25. The normalized spacial score (nSPS) is 16.7. The summed E-state index contributed by atoms with van der Waals surface area (Å²) >= 11 is 1.48. The van der Waals surface area contributed by atoms with Gasteiger partial charge in [0.2, 0.25) is 0 Å². The molecule has 150 valence electrons. The van der Waals surface area contributed by atoms with Crippen molar-refractivity contribution in [1.29, 1.82) is 0 Å². The van der Waals surface area contributed by atoms with E-state index in [1.54, 1.807) is 4.90 Å². The van der Waals surface area contributed by atoms with Gasteiger partial charge in [0.05, 0.1) is 37.8 Å². The predicted molar refractivity (Wildman–Crippen MR) is 104 cm³/mol. The first-order valence-corrected chi connectivity index (χ1v) is 10.3. The van der Waals surface area contributed by atoms with E-state index < -0.39 is 0 Å². The summed E-state index contributed by atoms with van der Waals surface area (Å²) in [6, 6.07) is 3.77. The number of rotatable bonds is 5. The monoisotopic (exact) mass is 404 g/mol. The quantitative estimate of drug-likeness (QED) is 0.810. The molecule has 0 radical (unpaired) electrons. The average Bonchev–Trinajstić information content (AvgIpc) is 3.32. The summed E-state index contributed by atoms with van der Waals surface area (Å²) in [5.74, 6) is -0.144. The Hall–Kier alpha value is -2.23. The van der Waals surface area contributed by atoms with Gasteiger partial charge in [0.15, 0.2) is 5.69 Å². The molecule has 8 nitrogen and oxygen atoms in total. The van der Waals surface area contributed by atoms with Crippen molar-refractivity contribution in [3.63, 3.8) is 0 Å². The van der Waals surface area contributed by atoms with Crippen molar-refractivity contribution in [2.24, 2.45) is 0 Å². The highest BCUT2D eigenvalue weighted by molar-refractivity contribution is 7.13. The second-order valence-corrected chi connectivity index (χ2v) is 8.16. The molecule has 2 amide bonds. The molecule has 1 N–H and O–H groups in total. The van der Waals surface area contributed by atoms with E-state index in [-0.39, 0.29) is 11.8 Å². The zero-order chi connectivity index (χ0) is 19.5. The molecule has 0 bridgehead atoms. The van der Waals surface area contributed by atoms with Gasteiger partial charge in [0.1, 0.15) is 0 Å². The maximum absolute atomic E-state index is 12.9. The van der Waals surface area contributed by atoms with Crippen LogP contribution in [0.5, 0.6) is 0 Å². The van der Waals surface area contributed by atoms with E-state index in [1.807, 2.05) is 23.7 Å². The zero-order valence-electron chi connectivity index (χ0n) is 15.9. The largest absolute Gasteiger partial charge is 0.378 e. The summed E-state index contributed by atoms with van der Waals surface area (Å²) in [7, 11) is 0. The van der Waals surface area contributed by atoms with Crippen molar-refractivity contribution in [1.82, 2.24) is 20.0 Å². The number of nitrogens with one attached hydrogen (secondary N) is 1. The molecule has 0 spiro atoms. The number of amides is 2. The van der Waals surface area contributed by atoms with Gasteiger partial charge in [-0.1, -0.05) is 0 Å². The minimum atomic E-state index is -0.0768. The van der Waals surface area contributed by atoms with Gasteiger partial charge >= 0.3 is 0 Å². The fourth-order valence-electron chi connectivity index (χ4n) is 3.50. The number of morpholine rings is 1. The number of carbonyl (C=O) groups excluding carboxylic acids is 2. The zero-order valence-corrected chi connectivity index (χ0v) is 16.7. The highest BCUT2D eigenvalue weighted by atomic mass is 32.1. The average molecular weight is 404 g/mol. The molecule has 28 heavy (non-hydrogen) atoms. The molecule has 0 unspecified atom stereocenters. The van der Waals surface area contributed by atoms with Crippen molar-refractivity contribution >= 4 is 23.2 Å². The number of aryl methyl sites for hydroxylation is 1. The van der Waals surface area contributed by atoms with Crippen LogP contribution in [-0.4, -0.2) is 65.9 Å². The molecule has 2 aliphatic rings. The van der Waals surface area contributed by atoms with Gasteiger partial charge in [0, 0.05) is 42.2 Å². The second kappa shape index (κ2) is 8.42. The van der Waals surface area contributed by atoms with Crippen LogP contribution in [-0.2, 0) is 29.0 Å². The Bertz CT molecular complexity index is 869. The first-order valence-electron chi connectivity index (χ1n) is 9.51. The van der Waals surface area contributed by atoms with Crippen LogP contribution < -0.4 is 5.32 Å². The van der Waals surface area contributed by atoms with Crippen molar-refractivity contribution in [2.75, 3.05) is 39.5 Å². The summed E-state index contributed by atoms with van der Waals surface area (Å²) in [5, 5.41) is 7.53. The summed E-state index contributed by atoms with van der Waals surface area (Å²) in [5.41, 5.74) is 2.38. The third-order valence-electron chi connectivity index (χ3n) is 4.97. The highest BCUT2D eigenvalue weighted by Gasteiger charge is 2.29. The van der Waals surface area contributed by atoms with Crippen LogP contribution in [0.3, 0.4) is 0 Å². The number of ether oxygens (including phenoxy) is 2. The third-order valence-corrected chi connectivity index (χ3v) is 5.97. The van der Waals surface area contributed by atoms with Gasteiger partial charge < -0.3 is 19.7 Å². The number of hydrogen-bond donors (Lipinski definition) is 1. The van der Waals surface area contributed by atoms with Crippen LogP contribution in [0.2, 0.25) is 0 Å². The van der Waals surface area contributed by atoms with Crippen LogP contribution in [0, 0.1) is 6.92 Å². The molecule has 0 aromatic carbocycles. The van der Waals surface area contributed by atoms with E-state index in [9.17, 15) is 9.59 Å². The van der Waals surface area contributed by atoms with Crippen LogP contribution in [0.25, 0.3) is 0 Å². The lowest BCUT2D eigenvalue weighted by Crippen LogP contribution is -2.41. The Morgan fingerprint density at radius 2 is 2.04 bits per heavy atom. The topological polar surface area (TPSA) is 85.7 Å². The highest BCUT2D eigenvalue weighted by Crippen LogP contribution is 2.22. The first-order chi connectivity index (χ1) is 13.6. The predicted octanol–water partition coefficient (Wildman–Crippen LogP) is 1.23. The van der Waals surface area contributed by atoms with Gasteiger partial charge in [-0.25, -0.2) is 0 Å². The van der Waals surface area contributed by atoms with Crippen LogP contribution in [0.1, 0.15) is 36.3 Å². The van der Waals surface area contributed by atoms with Crippen molar-refractivity contribution in [3.8, 4) is 0 Å². The van der Waals surface area contributed by atoms with Gasteiger partial charge in [-0.15, -0.1) is 11.3 Å². The lowest BCUT2D eigenvalue weighted by molar-refractivity contribution is 0.0294. The van der Waals surface area contributed by atoms with E-state index in [2.05, 4.69) is 10.4 Å². The first kappa shape index (κ1) is 19.1. The number of nitrogens with zero attached hydrogens (tertiary/aromatic N) is 3. The van der Waals surface area contributed by atoms with Gasteiger partial charge in [-0.05, 0) is 19.1 Å². The van der Waals surface area contributed by atoms with Crippen molar-refractivity contribution < 1.29 is 19.1 Å². The maximum Gasteiger partial charge on any atom is 0.274 e. The molecule has 1 saturated heterocycles.